The van der Waals surface area contributed by atoms with E-state index in [-0.39, 0.29) is 31.0 Å². The molecule has 0 spiro atoms. The van der Waals surface area contributed by atoms with E-state index in [4.69, 9.17) is 9.47 Å². The number of rotatable bonds is 22. The van der Waals surface area contributed by atoms with Gasteiger partial charge in [-0.25, -0.2) is 4.79 Å². The van der Waals surface area contributed by atoms with Gasteiger partial charge in [-0.15, -0.1) is 0 Å². The zero-order chi connectivity index (χ0) is 43.1. The van der Waals surface area contributed by atoms with Crippen LogP contribution in [0, 0.1) is 6.92 Å². The number of nitrogens with one attached hydrogen (secondary N) is 3. The molecule has 2 aromatic carbocycles. The van der Waals surface area contributed by atoms with Crippen molar-refractivity contribution in [3.8, 4) is 22.6 Å². The number of fused-ring (bicyclic) bond motifs is 1. The van der Waals surface area contributed by atoms with Crippen LogP contribution in [0.25, 0.3) is 11.1 Å². The van der Waals surface area contributed by atoms with Crippen LogP contribution in [0.15, 0.2) is 41.3 Å². The second-order valence-electron chi connectivity index (χ2n) is 15.2. The van der Waals surface area contributed by atoms with E-state index in [9.17, 15) is 28.8 Å². The van der Waals surface area contributed by atoms with Crippen molar-refractivity contribution in [1.29, 1.82) is 0 Å². The molecule has 3 aromatic rings. The van der Waals surface area contributed by atoms with E-state index in [2.05, 4.69) is 20.9 Å². The zero-order valence-corrected chi connectivity index (χ0v) is 35.7. The third-order valence-corrected chi connectivity index (χ3v) is 10.7. The second-order valence-corrected chi connectivity index (χ2v) is 15.2. The fourth-order valence-electron chi connectivity index (χ4n) is 7.52. The molecule has 0 fully saturated rings. The molecule has 1 aliphatic heterocycles. The number of carbonyl (C=O) groups is 5. The molecule has 4 rings (SSSR count). The van der Waals surface area contributed by atoms with Gasteiger partial charge in [0.05, 0.1) is 26.3 Å². The van der Waals surface area contributed by atoms with Gasteiger partial charge in [-0.05, 0) is 87.7 Å². The molecule has 6 amide bonds. The minimum absolute atomic E-state index is 0.111. The Morgan fingerprint density at radius 2 is 1.59 bits per heavy atom. The number of aryl methyl sites for hydroxylation is 2. The molecule has 15 heteroatoms. The molecule has 320 valence electrons. The van der Waals surface area contributed by atoms with Crippen molar-refractivity contribution in [2.24, 2.45) is 7.05 Å². The summed E-state index contributed by atoms with van der Waals surface area (Å²) in [7, 11) is 8.99. The molecule has 0 saturated carbocycles. The van der Waals surface area contributed by atoms with Crippen LogP contribution in [-0.2, 0) is 40.9 Å². The van der Waals surface area contributed by atoms with Crippen LogP contribution < -0.4 is 31.0 Å². The minimum atomic E-state index is -1.08. The number of hydrogen-bond donors (Lipinski definition) is 3. The van der Waals surface area contributed by atoms with Gasteiger partial charge in [-0.3, -0.25) is 34.2 Å². The predicted octanol–water partition coefficient (Wildman–Crippen LogP) is 5.00. The maximum absolute atomic E-state index is 13.4. The molecule has 0 saturated heterocycles. The van der Waals surface area contributed by atoms with Gasteiger partial charge in [0.15, 0.2) is 0 Å². The molecule has 3 N–H and O–H groups in total. The second kappa shape index (κ2) is 22.4. The summed E-state index contributed by atoms with van der Waals surface area (Å²) < 4.78 is 13.1. The number of carbonyl (C=O) groups excluding carboxylic acids is 5. The topological polar surface area (TPSA) is 172 Å². The van der Waals surface area contributed by atoms with Crippen LogP contribution in [0.5, 0.6) is 11.5 Å². The molecule has 15 nitrogen and oxygen atoms in total. The van der Waals surface area contributed by atoms with Crippen LogP contribution in [0.4, 0.5) is 10.5 Å². The van der Waals surface area contributed by atoms with Gasteiger partial charge in [0, 0.05) is 61.8 Å². The largest absolute Gasteiger partial charge is 0.496 e. The first-order valence-corrected chi connectivity index (χ1v) is 20.4. The van der Waals surface area contributed by atoms with E-state index in [1.807, 2.05) is 45.4 Å². The summed E-state index contributed by atoms with van der Waals surface area (Å²) in [5, 5.41) is 8.45. The van der Waals surface area contributed by atoms with Gasteiger partial charge < -0.3 is 34.5 Å². The van der Waals surface area contributed by atoms with Crippen molar-refractivity contribution >= 4 is 36.4 Å². The van der Waals surface area contributed by atoms with Crippen LogP contribution in [-0.4, -0.2) is 104 Å². The smallest absolute Gasteiger partial charge is 0.317 e. The minimum Gasteiger partial charge on any atom is -0.496 e. The quantitative estimate of drug-likeness (QED) is 0.0927. The Morgan fingerprint density at radius 1 is 0.932 bits per heavy atom. The van der Waals surface area contributed by atoms with Gasteiger partial charge in [-0.1, -0.05) is 45.1 Å². The molecule has 1 aliphatic rings. The number of benzene rings is 2. The Bertz CT molecular complexity index is 1990. The van der Waals surface area contributed by atoms with Gasteiger partial charge in [0.1, 0.15) is 17.5 Å². The Balaban J connectivity index is 1.21. The summed E-state index contributed by atoms with van der Waals surface area (Å²) in [5.41, 5.74) is 5.91. The number of anilines is 1. The summed E-state index contributed by atoms with van der Waals surface area (Å²) in [6, 6.07) is 8.07. The molecule has 59 heavy (non-hydrogen) atoms. The molecular weight excluding hydrogens is 755 g/mol. The lowest BCUT2D eigenvalue weighted by Gasteiger charge is -2.30. The third-order valence-electron chi connectivity index (χ3n) is 10.7. The standard InChI is InChI=1S/C44H61N7O8/c1-8-15-38(41(54)47-28-52)51(29-53)43(56)34-24-32(17-16-30(34)2)45-19-13-11-9-10-12-14-20-46-44(57)50-21-18-33-35(26-49(5)42(55)36(33)27-50)31-22-39(58-6)37(25-48(3)4)40(23-31)59-7/h16-17,22-24,26,28-29,38,45H,8-15,18-21,25,27H2,1-7H3,(H,46,57)(H,47,52,54). The Kier molecular flexibility index (Phi) is 17.5. The fraction of sp³-hybridized carbons (Fsp3) is 0.500. The van der Waals surface area contributed by atoms with Gasteiger partial charge >= 0.3 is 6.03 Å². The number of urea groups is 1. The third kappa shape index (κ3) is 11.9. The lowest BCUT2D eigenvalue weighted by Crippen LogP contribution is -2.48. The molecule has 2 heterocycles. The number of pyridine rings is 1. The highest BCUT2D eigenvalue weighted by Gasteiger charge is 2.31. The lowest BCUT2D eigenvalue weighted by molar-refractivity contribution is -0.133. The molecule has 0 bridgehead atoms. The number of unbranched alkanes of at least 4 members (excludes halogenated alkanes) is 5. The van der Waals surface area contributed by atoms with Gasteiger partial charge in [-0.2, -0.15) is 0 Å². The average Bonchev–Trinajstić information content (AvgIpc) is 3.22. The first-order chi connectivity index (χ1) is 28.4. The van der Waals surface area contributed by atoms with Crippen molar-refractivity contribution in [3.63, 3.8) is 0 Å². The van der Waals surface area contributed by atoms with E-state index in [0.717, 1.165) is 71.4 Å². The monoisotopic (exact) mass is 815 g/mol. The zero-order valence-electron chi connectivity index (χ0n) is 35.7. The Labute approximate surface area is 347 Å². The number of ether oxygens (including phenoxy) is 2. The number of methoxy groups -OCH3 is 2. The Morgan fingerprint density at radius 3 is 2.20 bits per heavy atom. The first kappa shape index (κ1) is 46.0. The summed E-state index contributed by atoms with van der Waals surface area (Å²) >= 11 is 0. The highest BCUT2D eigenvalue weighted by molar-refractivity contribution is 6.05. The molecule has 1 aromatic heterocycles. The average molecular weight is 816 g/mol. The van der Waals surface area contributed by atoms with E-state index >= 15 is 0 Å². The maximum Gasteiger partial charge on any atom is 0.317 e. The number of nitrogens with zero attached hydrogens (tertiary/aromatic N) is 4. The summed E-state index contributed by atoms with van der Waals surface area (Å²) in [4.78, 5) is 79.7. The van der Waals surface area contributed by atoms with E-state index in [0.29, 0.717) is 73.6 Å². The van der Waals surface area contributed by atoms with Crippen molar-refractivity contribution in [3.05, 3.63) is 74.7 Å². The summed E-state index contributed by atoms with van der Waals surface area (Å²) in [5.74, 6) is 0.124. The fourth-order valence-corrected chi connectivity index (χ4v) is 7.52. The maximum atomic E-state index is 13.4. The lowest BCUT2D eigenvalue weighted by atomic mass is 9.91. The van der Waals surface area contributed by atoms with Crippen LogP contribution in [0.3, 0.4) is 0 Å². The van der Waals surface area contributed by atoms with Crippen LogP contribution in [0.1, 0.15) is 90.9 Å². The van der Waals surface area contributed by atoms with Gasteiger partial charge in [0.25, 0.3) is 11.5 Å². The molecular formula is C44H61N7O8. The SMILES string of the molecule is CCCC(C(=O)NC=O)N(C=O)C(=O)c1cc(NCCCCCCCCNC(=O)N2CCc3c(-c4cc(OC)c(CN(C)C)c(OC)c4)cn(C)c(=O)c3C2)ccc1C. The number of imide groups is 2. The highest BCUT2D eigenvalue weighted by atomic mass is 16.5. The Hall–Kier alpha value is -5.70. The number of amides is 6. The van der Waals surface area contributed by atoms with Crippen molar-refractivity contribution in [2.75, 3.05) is 53.3 Å². The van der Waals surface area contributed by atoms with Crippen molar-refractivity contribution in [2.45, 2.75) is 90.8 Å². The molecule has 0 radical (unpaired) electrons. The summed E-state index contributed by atoms with van der Waals surface area (Å²) in [6.45, 7) is 6.22. The van der Waals surface area contributed by atoms with Crippen molar-refractivity contribution < 1.29 is 33.4 Å². The number of aromatic nitrogens is 1. The van der Waals surface area contributed by atoms with Gasteiger partial charge in [0.2, 0.25) is 18.7 Å². The molecule has 1 unspecified atom stereocenters. The summed E-state index contributed by atoms with van der Waals surface area (Å²) in [6.07, 6.45) is 9.58. The van der Waals surface area contributed by atoms with Crippen LogP contribution in [0.2, 0.25) is 0 Å². The van der Waals surface area contributed by atoms with Crippen LogP contribution >= 0.6 is 0 Å². The highest BCUT2D eigenvalue weighted by Crippen LogP contribution is 2.38. The first-order valence-electron chi connectivity index (χ1n) is 20.4. The number of hydrogen-bond acceptors (Lipinski definition) is 10. The van der Waals surface area contributed by atoms with Crippen molar-refractivity contribution in [1.82, 2.24) is 29.9 Å². The van der Waals surface area contributed by atoms with E-state index in [1.165, 1.54) is 0 Å². The van der Waals surface area contributed by atoms with E-state index in [1.54, 1.807) is 49.8 Å². The predicted molar refractivity (Wildman–Crippen MR) is 228 cm³/mol. The molecule has 0 aliphatic carbocycles. The van der Waals surface area contributed by atoms with E-state index < -0.39 is 17.9 Å². The molecule has 1 atom stereocenters. The normalized spacial score (nSPS) is 12.6.